The Bertz CT molecular complexity index is 605. The van der Waals surface area contributed by atoms with Gasteiger partial charge < -0.3 is 5.32 Å². The topological polar surface area (TPSA) is 55.2 Å². The van der Waals surface area contributed by atoms with Gasteiger partial charge in [0.15, 0.2) is 11.5 Å². The van der Waals surface area contributed by atoms with Crippen molar-refractivity contribution in [2.24, 2.45) is 0 Å². The SMILES string of the molecule is O=[N+]([O-])c1ccc(Cl)c(F)c1NCc1ccccc1. The molecule has 0 atom stereocenters. The van der Waals surface area contributed by atoms with E-state index in [1.165, 1.54) is 12.1 Å². The van der Waals surface area contributed by atoms with E-state index in [4.69, 9.17) is 11.6 Å². The third-order valence-corrected chi connectivity index (χ3v) is 2.87. The summed E-state index contributed by atoms with van der Waals surface area (Å²) in [5, 5.41) is 13.4. The lowest BCUT2D eigenvalue weighted by atomic mass is 10.2. The molecule has 0 saturated carbocycles. The summed E-state index contributed by atoms with van der Waals surface area (Å²) in [5.41, 5.74) is 0.357. The van der Waals surface area contributed by atoms with Crippen molar-refractivity contribution in [1.82, 2.24) is 0 Å². The molecule has 98 valence electrons. The third-order valence-electron chi connectivity index (χ3n) is 2.58. The first-order chi connectivity index (χ1) is 9.09. The summed E-state index contributed by atoms with van der Waals surface area (Å²) >= 11 is 5.63. The zero-order valence-electron chi connectivity index (χ0n) is 9.77. The fourth-order valence-electron chi connectivity index (χ4n) is 1.65. The van der Waals surface area contributed by atoms with Crippen LogP contribution >= 0.6 is 11.6 Å². The predicted octanol–water partition coefficient (Wildman–Crippen LogP) is 4.00. The molecule has 0 fully saturated rings. The maximum absolute atomic E-state index is 13.8. The molecule has 0 unspecified atom stereocenters. The molecule has 2 aromatic rings. The van der Waals surface area contributed by atoms with E-state index < -0.39 is 10.7 Å². The quantitative estimate of drug-likeness (QED) is 0.680. The third kappa shape index (κ3) is 3.00. The van der Waals surface area contributed by atoms with Crippen LogP contribution in [0.15, 0.2) is 42.5 Å². The molecule has 4 nitrogen and oxygen atoms in total. The molecule has 0 radical (unpaired) electrons. The van der Waals surface area contributed by atoms with Gasteiger partial charge in [-0.2, -0.15) is 0 Å². The zero-order valence-corrected chi connectivity index (χ0v) is 10.5. The Morgan fingerprint density at radius 3 is 2.53 bits per heavy atom. The van der Waals surface area contributed by atoms with Gasteiger partial charge in [-0.3, -0.25) is 10.1 Å². The number of nitrogens with zero attached hydrogens (tertiary/aromatic N) is 1. The molecule has 0 aliphatic rings. The molecule has 0 aromatic heterocycles. The second kappa shape index (κ2) is 5.67. The smallest absolute Gasteiger partial charge is 0.295 e. The highest BCUT2D eigenvalue weighted by Crippen LogP contribution is 2.32. The Labute approximate surface area is 114 Å². The molecule has 0 spiro atoms. The molecular weight excluding hydrogens is 271 g/mol. The number of halogens is 2. The molecule has 0 bridgehead atoms. The summed E-state index contributed by atoms with van der Waals surface area (Å²) in [6, 6.07) is 11.5. The summed E-state index contributed by atoms with van der Waals surface area (Å²) in [5.74, 6) is -0.813. The molecule has 0 amide bonds. The Balaban J connectivity index is 2.28. The number of nitro groups is 1. The highest BCUT2D eigenvalue weighted by atomic mass is 35.5. The van der Waals surface area contributed by atoms with Crippen LogP contribution in [0, 0.1) is 15.9 Å². The van der Waals surface area contributed by atoms with Gasteiger partial charge in [-0.05, 0) is 11.6 Å². The van der Waals surface area contributed by atoms with Crippen molar-refractivity contribution < 1.29 is 9.31 Å². The van der Waals surface area contributed by atoms with E-state index in [1.54, 1.807) is 0 Å². The number of anilines is 1. The van der Waals surface area contributed by atoms with Gasteiger partial charge in [-0.25, -0.2) is 4.39 Å². The van der Waals surface area contributed by atoms with E-state index in [0.717, 1.165) is 5.56 Å². The molecule has 0 heterocycles. The van der Waals surface area contributed by atoms with Crippen LogP contribution in [0.2, 0.25) is 5.02 Å². The van der Waals surface area contributed by atoms with E-state index in [0.29, 0.717) is 0 Å². The van der Waals surface area contributed by atoms with Gasteiger partial charge in [0.1, 0.15) is 0 Å². The van der Waals surface area contributed by atoms with Gasteiger partial charge in [-0.1, -0.05) is 41.9 Å². The lowest BCUT2D eigenvalue weighted by molar-refractivity contribution is -0.384. The lowest BCUT2D eigenvalue weighted by Gasteiger charge is -2.09. The maximum Gasteiger partial charge on any atom is 0.295 e. The van der Waals surface area contributed by atoms with Crippen molar-refractivity contribution in [2.45, 2.75) is 6.54 Å². The first-order valence-corrected chi connectivity index (χ1v) is 5.87. The van der Waals surface area contributed by atoms with Crippen LogP contribution in [0.25, 0.3) is 0 Å². The molecule has 6 heteroatoms. The number of nitro benzene ring substituents is 1. The first-order valence-electron chi connectivity index (χ1n) is 5.50. The van der Waals surface area contributed by atoms with Gasteiger partial charge in [-0.15, -0.1) is 0 Å². The largest absolute Gasteiger partial charge is 0.373 e. The second-order valence-electron chi connectivity index (χ2n) is 3.85. The fraction of sp³-hybridized carbons (Fsp3) is 0.0769. The minimum absolute atomic E-state index is 0.152. The van der Waals surface area contributed by atoms with Crippen LogP contribution < -0.4 is 5.32 Å². The number of hydrogen-bond donors (Lipinski definition) is 1. The maximum atomic E-state index is 13.8. The average molecular weight is 281 g/mol. The highest BCUT2D eigenvalue weighted by molar-refractivity contribution is 6.31. The highest BCUT2D eigenvalue weighted by Gasteiger charge is 2.20. The molecule has 0 saturated heterocycles. The Hall–Kier alpha value is -2.14. The Kier molecular flexibility index (Phi) is 3.97. The van der Waals surface area contributed by atoms with Crippen LogP contribution in [0.3, 0.4) is 0 Å². The Morgan fingerprint density at radius 1 is 1.21 bits per heavy atom. The molecule has 19 heavy (non-hydrogen) atoms. The minimum atomic E-state index is -0.813. The van der Waals surface area contributed by atoms with Crippen molar-refractivity contribution in [3.05, 3.63) is 69.0 Å². The average Bonchev–Trinajstić information content (AvgIpc) is 2.41. The molecule has 2 aromatic carbocycles. The molecule has 1 N–H and O–H groups in total. The van der Waals surface area contributed by atoms with Crippen LogP contribution in [0.5, 0.6) is 0 Å². The molecule has 0 aliphatic carbocycles. The molecule has 2 rings (SSSR count). The number of nitrogens with one attached hydrogen (secondary N) is 1. The zero-order chi connectivity index (χ0) is 13.8. The van der Waals surface area contributed by atoms with Gasteiger partial charge in [0.05, 0.1) is 9.95 Å². The van der Waals surface area contributed by atoms with Crippen molar-refractivity contribution in [1.29, 1.82) is 0 Å². The van der Waals surface area contributed by atoms with Gasteiger partial charge in [0.2, 0.25) is 0 Å². The Morgan fingerprint density at radius 2 is 1.89 bits per heavy atom. The van der Waals surface area contributed by atoms with E-state index in [1.807, 2.05) is 30.3 Å². The minimum Gasteiger partial charge on any atom is -0.373 e. The number of benzene rings is 2. The van der Waals surface area contributed by atoms with Crippen LogP contribution in [-0.2, 0) is 6.54 Å². The molecular formula is C13H10ClFN2O2. The van der Waals surface area contributed by atoms with Gasteiger partial charge in [0, 0.05) is 12.6 Å². The normalized spacial score (nSPS) is 10.2. The number of hydrogen-bond acceptors (Lipinski definition) is 3. The van der Waals surface area contributed by atoms with Gasteiger partial charge in [0.25, 0.3) is 5.69 Å². The lowest BCUT2D eigenvalue weighted by Crippen LogP contribution is -2.05. The number of rotatable bonds is 4. The van der Waals surface area contributed by atoms with Crippen LogP contribution in [-0.4, -0.2) is 4.92 Å². The summed E-state index contributed by atoms with van der Waals surface area (Å²) < 4.78 is 13.8. The van der Waals surface area contributed by atoms with Crippen LogP contribution in [0.1, 0.15) is 5.56 Å². The summed E-state index contributed by atoms with van der Waals surface area (Å²) in [4.78, 5) is 10.2. The van der Waals surface area contributed by atoms with E-state index in [-0.39, 0.29) is 22.9 Å². The monoisotopic (exact) mass is 280 g/mol. The van der Waals surface area contributed by atoms with E-state index in [2.05, 4.69) is 5.32 Å². The predicted molar refractivity (Wildman–Crippen MR) is 71.8 cm³/mol. The van der Waals surface area contributed by atoms with Crippen LogP contribution in [0.4, 0.5) is 15.8 Å². The van der Waals surface area contributed by atoms with E-state index in [9.17, 15) is 14.5 Å². The first kappa shape index (κ1) is 13.3. The standard InChI is InChI=1S/C13H10ClFN2O2/c14-10-6-7-11(17(18)19)13(12(10)15)16-8-9-4-2-1-3-5-9/h1-7,16H,8H2. The van der Waals surface area contributed by atoms with Crippen molar-refractivity contribution in [2.75, 3.05) is 5.32 Å². The summed E-state index contributed by atoms with van der Waals surface area (Å²) in [7, 11) is 0. The second-order valence-corrected chi connectivity index (χ2v) is 4.26. The summed E-state index contributed by atoms with van der Waals surface area (Å²) in [6.07, 6.45) is 0. The molecule has 0 aliphatic heterocycles. The van der Waals surface area contributed by atoms with E-state index >= 15 is 0 Å². The van der Waals surface area contributed by atoms with Gasteiger partial charge >= 0.3 is 0 Å². The fourth-order valence-corrected chi connectivity index (χ4v) is 1.80. The van der Waals surface area contributed by atoms with Crippen molar-refractivity contribution in [3.63, 3.8) is 0 Å². The summed E-state index contributed by atoms with van der Waals surface area (Å²) in [6.45, 7) is 0.277. The van der Waals surface area contributed by atoms with Crippen molar-refractivity contribution in [3.8, 4) is 0 Å². The van der Waals surface area contributed by atoms with Crippen molar-refractivity contribution >= 4 is 23.0 Å².